The predicted molar refractivity (Wildman–Crippen MR) is 112 cm³/mol. The molecular formula is C17H19Cl2N3O4S2. The van der Waals surface area contributed by atoms with Crippen molar-refractivity contribution in [3.05, 3.63) is 39.7 Å². The molecular weight excluding hydrogens is 445 g/mol. The summed E-state index contributed by atoms with van der Waals surface area (Å²) in [5, 5.41) is 3.00. The van der Waals surface area contributed by atoms with Gasteiger partial charge in [0.1, 0.15) is 8.55 Å². The lowest BCUT2D eigenvalue weighted by molar-refractivity contribution is -0.116. The van der Waals surface area contributed by atoms with E-state index in [1.165, 1.54) is 6.07 Å². The molecule has 0 atom stereocenters. The van der Waals surface area contributed by atoms with Gasteiger partial charge in [-0.2, -0.15) is 0 Å². The van der Waals surface area contributed by atoms with E-state index >= 15 is 0 Å². The average Bonchev–Trinajstić information content (AvgIpc) is 3.02. The van der Waals surface area contributed by atoms with Crippen LogP contribution in [0, 0.1) is 0 Å². The van der Waals surface area contributed by atoms with E-state index in [1.54, 1.807) is 24.3 Å². The Balaban J connectivity index is 1.53. The van der Waals surface area contributed by atoms with Gasteiger partial charge in [-0.1, -0.05) is 23.2 Å². The molecule has 2 heterocycles. The Morgan fingerprint density at radius 3 is 2.39 bits per heavy atom. The molecule has 1 saturated heterocycles. The van der Waals surface area contributed by atoms with Crippen molar-refractivity contribution < 1.29 is 17.9 Å². The summed E-state index contributed by atoms with van der Waals surface area (Å²) in [5.74, 6) is -0.0947. The van der Waals surface area contributed by atoms with Crippen molar-refractivity contribution in [2.24, 2.45) is 0 Å². The molecule has 152 valence electrons. The summed E-state index contributed by atoms with van der Waals surface area (Å²) in [6.45, 7) is 3.75. The number of nitrogens with zero attached hydrogens (tertiary/aromatic N) is 1. The highest BCUT2D eigenvalue weighted by Crippen LogP contribution is 2.35. The lowest BCUT2D eigenvalue weighted by atomic mass is 10.2. The Labute approximate surface area is 177 Å². The van der Waals surface area contributed by atoms with E-state index in [0.717, 1.165) is 24.4 Å². The van der Waals surface area contributed by atoms with Crippen molar-refractivity contribution in [3.8, 4) is 0 Å². The molecule has 0 aliphatic carbocycles. The van der Waals surface area contributed by atoms with Crippen molar-refractivity contribution in [2.45, 2.75) is 10.6 Å². The second kappa shape index (κ2) is 9.43. The first kappa shape index (κ1) is 21.4. The highest BCUT2D eigenvalue weighted by molar-refractivity contribution is 7.94. The molecule has 11 heteroatoms. The van der Waals surface area contributed by atoms with Crippen LogP contribution in [-0.2, 0) is 19.6 Å². The minimum atomic E-state index is -3.78. The van der Waals surface area contributed by atoms with Gasteiger partial charge in [0.05, 0.1) is 18.2 Å². The van der Waals surface area contributed by atoms with Crippen LogP contribution >= 0.6 is 34.5 Å². The lowest BCUT2D eigenvalue weighted by Gasteiger charge is -2.26. The number of benzene rings is 1. The molecule has 2 N–H and O–H groups in total. The molecule has 7 nitrogen and oxygen atoms in total. The number of amides is 1. The highest BCUT2D eigenvalue weighted by Gasteiger charge is 2.19. The van der Waals surface area contributed by atoms with Gasteiger partial charge in [0.25, 0.3) is 10.0 Å². The molecule has 0 spiro atoms. The number of anilines is 2. The number of morpholine rings is 1. The van der Waals surface area contributed by atoms with Crippen molar-refractivity contribution in [1.82, 2.24) is 4.90 Å². The van der Waals surface area contributed by atoms with Crippen LogP contribution in [0.1, 0.15) is 6.42 Å². The number of halogens is 2. The first-order chi connectivity index (χ1) is 13.3. The molecule has 1 aliphatic rings. The molecule has 2 aromatic rings. The standard InChI is InChI=1S/C17H19Cl2N3O4S2/c18-14-11-16(27-17(14)19)28(24,25)21-13-3-1-12(2-4-13)20-15(23)5-6-22-7-9-26-10-8-22/h1-4,11,21H,5-10H2,(H,20,23). The molecule has 1 amide bonds. The summed E-state index contributed by atoms with van der Waals surface area (Å²) in [4.78, 5) is 14.3. The Morgan fingerprint density at radius 1 is 1.14 bits per heavy atom. The number of thiophene rings is 1. The Morgan fingerprint density at radius 2 is 1.79 bits per heavy atom. The molecule has 1 aromatic heterocycles. The van der Waals surface area contributed by atoms with E-state index in [-0.39, 0.29) is 19.5 Å². The molecule has 0 saturated carbocycles. The summed E-state index contributed by atoms with van der Waals surface area (Å²) in [6.07, 6.45) is 0.383. The summed E-state index contributed by atoms with van der Waals surface area (Å²) in [7, 11) is -3.78. The first-order valence-corrected chi connectivity index (χ1v) is 11.6. The fourth-order valence-corrected chi connectivity index (χ4v) is 5.53. The van der Waals surface area contributed by atoms with E-state index in [1.807, 2.05) is 0 Å². The zero-order valence-electron chi connectivity index (χ0n) is 14.8. The smallest absolute Gasteiger partial charge is 0.271 e. The number of carbonyl (C=O) groups is 1. The van der Waals surface area contributed by atoms with Crippen LogP contribution in [0.2, 0.25) is 9.36 Å². The number of hydrogen-bond donors (Lipinski definition) is 2. The summed E-state index contributed by atoms with van der Waals surface area (Å²) in [5.41, 5.74) is 0.962. The van der Waals surface area contributed by atoms with Gasteiger partial charge in [0, 0.05) is 37.4 Å². The Kier molecular flexibility index (Phi) is 7.19. The quantitative estimate of drug-likeness (QED) is 0.655. The van der Waals surface area contributed by atoms with Crippen molar-refractivity contribution >= 4 is 61.8 Å². The van der Waals surface area contributed by atoms with Gasteiger partial charge >= 0.3 is 0 Å². The van der Waals surface area contributed by atoms with E-state index in [0.29, 0.717) is 37.6 Å². The van der Waals surface area contributed by atoms with Crippen LogP contribution in [0.15, 0.2) is 34.5 Å². The predicted octanol–water partition coefficient (Wildman–Crippen LogP) is 3.52. The van der Waals surface area contributed by atoms with Crippen LogP contribution in [-0.4, -0.2) is 52.1 Å². The topological polar surface area (TPSA) is 87.7 Å². The van der Waals surface area contributed by atoms with Crippen molar-refractivity contribution in [2.75, 3.05) is 42.9 Å². The number of rotatable bonds is 7. The molecule has 0 radical (unpaired) electrons. The van der Waals surface area contributed by atoms with Crippen LogP contribution < -0.4 is 10.0 Å². The van der Waals surface area contributed by atoms with Gasteiger partial charge in [0.15, 0.2) is 0 Å². The van der Waals surface area contributed by atoms with Gasteiger partial charge < -0.3 is 10.1 Å². The maximum atomic E-state index is 12.4. The van der Waals surface area contributed by atoms with Crippen molar-refractivity contribution in [1.29, 1.82) is 0 Å². The van der Waals surface area contributed by atoms with Gasteiger partial charge in [-0.25, -0.2) is 8.42 Å². The molecule has 1 aliphatic heterocycles. The first-order valence-electron chi connectivity index (χ1n) is 8.51. The van der Waals surface area contributed by atoms with E-state index < -0.39 is 10.0 Å². The number of sulfonamides is 1. The number of nitrogens with one attached hydrogen (secondary N) is 2. The Bertz CT molecular complexity index is 907. The molecule has 1 fully saturated rings. The number of hydrogen-bond acceptors (Lipinski definition) is 6. The maximum absolute atomic E-state index is 12.4. The molecule has 1 aromatic carbocycles. The minimum Gasteiger partial charge on any atom is -0.379 e. The van der Waals surface area contributed by atoms with E-state index in [4.69, 9.17) is 27.9 Å². The van der Waals surface area contributed by atoms with E-state index in [9.17, 15) is 13.2 Å². The SMILES string of the molecule is O=C(CCN1CCOCC1)Nc1ccc(NS(=O)(=O)c2cc(Cl)c(Cl)s2)cc1. The summed E-state index contributed by atoms with van der Waals surface area (Å²) < 4.78 is 32.7. The van der Waals surface area contributed by atoms with Gasteiger partial charge in [0.2, 0.25) is 5.91 Å². The molecule has 28 heavy (non-hydrogen) atoms. The monoisotopic (exact) mass is 463 g/mol. The van der Waals surface area contributed by atoms with Crippen LogP contribution in [0.25, 0.3) is 0 Å². The molecule has 0 unspecified atom stereocenters. The van der Waals surface area contributed by atoms with Gasteiger partial charge in [-0.05, 0) is 30.3 Å². The van der Waals surface area contributed by atoms with Crippen LogP contribution in [0.4, 0.5) is 11.4 Å². The zero-order chi connectivity index (χ0) is 20.1. The van der Waals surface area contributed by atoms with Crippen LogP contribution in [0.5, 0.6) is 0 Å². The van der Waals surface area contributed by atoms with Crippen molar-refractivity contribution in [3.63, 3.8) is 0 Å². The maximum Gasteiger partial charge on any atom is 0.271 e. The van der Waals surface area contributed by atoms with E-state index in [2.05, 4.69) is 14.9 Å². The lowest BCUT2D eigenvalue weighted by Crippen LogP contribution is -2.38. The fourth-order valence-electron chi connectivity index (χ4n) is 2.59. The normalized spacial score (nSPS) is 15.4. The zero-order valence-corrected chi connectivity index (χ0v) is 17.9. The number of carbonyl (C=O) groups excluding carboxylic acids is 1. The molecule has 3 rings (SSSR count). The molecule has 0 bridgehead atoms. The fraction of sp³-hybridized carbons (Fsp3) is 0.353. The third-order valence-corrected chi connectivity index (χ3v) is 7.79. The third kappa shape index (κ3) is 5.82. The second-order valence-electron chi connectivity index (χ2n) is 6.12. The van der Waals surface area contributed by atoms with Gasteiger partial charge in [-0.15, -0.1) is 11.3 Å². The minimum absolute atomic E-state index is 0.0305. The largest absolute Gasteiger partial charge is 0.379 e. The van der Waals surface area contributed by atoms with Gasteiger partial charge in [-0.3, -0.25) is 14.4 Å². The number of ether oxygens (including phenoxy) is 1. The third-order valence-electron chi connectivity index (χ3n) is 4.07. The van der Waals surface area contributed by atoms with Crippen LogP contribution in [0.3, 0.4) is 0 Å². The Hall–Kier alpha value is -1.36. The average molecular weight is 464 g/mol. The highest BCUT2D eigenvalue weighted by atomic mass is 35.5. The summed E-state index contributed by atoms with van der Waals surface area (Å²) >= 11 is 12.5. The second-order valence-corrected chi connectivity index (χ2v) is 10.1. The summed E-state index contributed by atoms with van der Waals surface area (Å²) in [6, 6.07) is 7.73.